The number of hydrogen-bond acceptors (Lipinski definition) is 4. The lowest BCUT2D eigenvalue weighted by molar-refractivity contribution is -0.137. The second-order valence-electron chi connectivity index (χ2n) is 4.46. The van der Waals surface area contributed by atoms with Gasteiger partial charge in [-0.1, -0.05) is 12.1 Å². The second kappa shape index (κ2) is 5.76. The van der Waals surface area contributed by atoms with E-state index in [1.54, 1.807) is 23.7 Å². The summed E-state index contributed by atoms with van der Waals surface area (Å²) in [6.45, 7) is 0. The summed E-state index contributed by atoms with van der Waals surface area (Å²) in [6.07, 6.45) is -2.70. The third-order valence-electron chi connectivity index (χ3n) is 2.87. The SMILES string of the molecule is FC(F)(F)c1cccc(Nc2nc(-c3ccccn3)cs2)c1. The van der Waals surface area contributed by atoms with E-state index >= 15 is 0 Å². The molecule has 0 aliphatic heterocycles. The molecule has 0 saturated carbocycles. The Bertz CT molecular complexity index is 769. The molecule has 3 rings (SSSR count). The van der Waals surface area contributed by atoms with Gasteiger partial charge in [-0.3, -0.25) is 4.98 Å². The van der Waals surface area contributed by atoms with Crippen molar-refractivity contribution in [1.82, 2.24) is 9.97 Å². The zero-order chi connectivity index (χ0) is 15.6. The van der Waals surface area contributed by atoms with Gasteiger partial charge in [-0.2, -0.15) is 13.2 Å². The molecule has 0 fully saturated rings. The first-order valence-corrected chi connectivity index (χ1v) is 7.21. The fourth-order valence-electron chi connectivity index (χ4n) is 1.86. The molecule has 0 aliphatic carbocycles. The number of rotatable bonds is 3. The van der Waals surface area contributed by atoms with E-state index in [4.69, 9.17) is 0 Å². The van der Waals surface area contributed by atoms with Gasteiger partial charge in [0.2, 0.25) is 0 Å². The Balaban J connectivity index is 1.81. The minimum absolute atomic E-state index is 0.344. The Labute approximate surface area is 128 Å². The highest BCUT2D eigenvalue weighted by molar-refractivity contribution is 7.14. The lowest BCUT2D eigenvalue weighted by atomic mass is 10.2. The Kier molecular flexibility index (Phi) is 3.81. The molecular formula is C15H10F3N3S. The number of alkyl halides is 3. The molecule has 2 heterocycles. The van der Waals surface area contributed by atoms with Crippen molar-refractivity contribution in [2.45, 2.75) is 6.18 Å². The lowest BCUT2D eigenvalue weighted by Crippen LogP contribution is -2.05. The fraction of sp³-hybridized carbons (Fsp3) is 0.0667. The quantitative estimate of drug-likeness (QED) is 0.740. The molecule has 1 N–H and O–H groups in total. The number of hydrogen-bond donors (Lipinski definition) is 1. The van der Waals surface area contributed by atoms with Gasteiger partial charge in [-0.15, -0.1) is 11.3 Å². The summed E-state index contributed by atoms with van der Waals surface area (Å²) >= 11 is 1.31. The summed E-state index contributed by atoms with van der Waals surface area (Å²) in [4.78, 5) is 8.51. The zero-order valence-corrected chi connectivity index (χ0v) is 11.9. The summed E-state index contributed by atoms with van der Waals surface area (Å²) in [5, 5.41) is 5.20. The number of benzene rings is 1. The molecule has 112 valence electrons. The minimum atomic E-state index is -4.36. The number of anilines is 2. The van der Waals surface area contributed by atoms with Gasteiger partial charge >= 0.3 is 6.18 Å². The van der Waals surface area contributed by atoms with Gasteiger partial charge in [0, 0.05) is 17.3 Å². The van der Waals surface area contributed by atoms with Crippen LogP contribution in [0.25, 0.3) is 11.4 Å². The molecule has 1 aromatic carbocycles. The van der Waals surface area contributed by atoms with Gasteiger partial charge < -0.3 is 5.32 Å². The first-order chi connectivity index (χ1) is 10.5. The van der Waals surface area contributed by atoms with E-state index in [1.807, 2.05) is 12.1 Å². The smallest absolute Gasteiger partial charge is 0.332 e. The van der Waals surface area contributed by atoms with E-state index in [2.05, 4.69) is 15.3 Å². The first kappa shape index (κ1) is 14.5. The van der Waals surface area contributed by atoms with Gasteiger partial charge in [0.05, 0.1) is 11.3 Å². The monoisotopic (exact) mass is 321 g/mol. The van der Waals surface area contributed by atoms with Crippen LogP contribution in [0, 0.1) is 0 Å². The Morgan fingerprint density at radius 1 is 1.00 bits per heavy atom. The van der Waals surface area contributed by atoms with Crippen molar-refractivity contribution in [1.29, 1.82) is 0 Å². The van der Waals surface area contributed by atoms with E-state index in [1.165, 1.54) is 17.4 Å². The highest BCUT2D eigenvalue weighted by Crippen LogP contribution is 2.32. The zero-order valence-electron chi connectivity index (χ0n) is 11.1. The van der Waals surface area contributed by atoms with Gasteiger partial charge in [0.1, 0.15) is 5.69 Å². The largest absolute Gasteiger partial charge is 0.416 e. The van der Waals surface area contributed by atoms with Gasteiger partial charge in [-0.05, 0) is 30.3 Å². The van der Waals surface area contributed by atoms with Crippen LogP contribution in [-0.2, 0) is 6.18 Å². The number of nitrogens with one attached hydrogen (secondary N) is 1. The van der Waals surface area contributed by atoms with E-state index in [9.17, 15) is 13.2 Å². The topological polar surface area (TPSA) is 37.8 Å². The molecule has 7 heteroatoms. The molecule has 2 aromatic heterocycles. The molecule has 0 bridgehead atoms. The molecule has 0 amide bonds. The molecule has 0 saturated heterocycles. The van der Waals surface area contributed by atoms with Crippen LogP contribution in [0.15, 0.2) is 54.0 Å². The van der Waals surface area contributed by atoms with Gasteiger partial charge in [0.25, 0.3) is 0 Å². The normalized spacial score (nSPS) is 11.4. The van der Waals surface area contributed by atoms with Crippen LogP contribution in [0.1, 0.15) is 5.56 Å². The Hall–Kier alpha value is -2.41. The molecule has 0 aliphatic rings. The van der Waals surface area contributed by atoms with Crippen LogP contribution >= 0.6 is 11.3 Å². The van der Waals surface area contributed by atoms with Gasteiger partial charge in [-0.25, -0.2) is 4.98 Å². The van der Waals surface area contributed by atoms with E-state index in [0.717, 1.165) is 17.8 Å². The van der Waals surface area contributed by atoms with Crippen molar-refractivity contribution in [2.75, 3.05) is 5.32 Å². The number of aromatic nitrogens is 2. The Morgan fingerprint density at radius 2 is 1.86 bits per heavy atom. The summed E-state index contributed by atoms with van der Waals surface area (Å²) in [7, 11) is 0. The highest BCUT2D eigenvalue weighted by Gasteiger charge is 2.30. The first-order valence-electron chi connectivity index (χ1n) is 6.33. The van der Waals surface area contributed by atoms with E-state index < -0.39 is 11.7 Å². The van der Waals surface area contributed by atoms with Crippen LogP contribution in [0.5, 0.6) is 0 Å². The van der Waals surface area contributed by atoms with Crippen molar-refractivity contribution >= 4 is 22.2 Å². The van der Waals surface area contributed by atoms with Crippen molar-refractivity contribution < 1.29 is 13.2 Å². The average Bonchev–Trinajstić information content (AvgIpc) is 2.96. The van der Waals surface area contributed by atoms with Crippen molar-refractivity contribution in [3.8, 4) is 11.4 Å². The molecule has 0 spiro atoms. The predicted molar refractivity (Wildman–Crippen MR) is 80.1 cm³/mol. The van der Waals surface area contributed by atoms with Crippen LogP contribution in [0.3, 0.4) is 0 Å². The third-order valence-corrected chi connectivity index (χ3v) is 3.63. The van der Waals surface area contributed by atoms with Crippen molar-refractivity contribution in [3.05, 3.63) is 59.6 Å². The van der Waals surface area contributed by atoms with Crippen LogP contribution in [-0.4, -0.2) is 9.97 Å². The van der Waals surface area contributed by atoms with Gasteiger partial charge in [0.15, 0.2) is 5.13 Å². The van der Waals surface area contributed by atoms with Crippen LogP contribution in [0.2, 0.25) is 0 Å². The molecule has 3 nitrogen and oxygen atoms in total. The maximum absolute atomic E-state index is 12.7. The fourth-order valence-corrected chi connectivity index (χ4v) is 2.58. The van der Waals surface area contributed by atoms with E-state index in [0.29, 0.717) is 16.5 Å². The predicted octanol–water partition coefficient (Wildman–Crippen LogP) is 4.97. The molecule has 0 radical (unpaired) electrons. The third kappa shape index (κ3) is 3.25. The number of halogens is 3. The second-order valence-corrected chi connectivity index (χ2v) is 5.31. The molecular weight excluding hydrogens is 311 g/mol. The summed E-state index contributed by atoms with van der Waals surface area (Å²) in [5.74, 6) is 0. The minimum Gasteiger partial charge on any atom is -0.332 e. The molecule has 3 aromatic rings. The van der Waals surface area contributed by atoms with Crippen LogP contribution < -0.4 is 5.32 Å². The van der Waals surface area contributed by atoms with Crippen molar-refractivity contribution in [2.24, 2.45) is 0 Å². The van der Waals surface area contributed by atoms with E-state index in [-0.39, 0.29) is 0 Å². The summed E-state index contributed by atoms with van der Waals surface area (Å²) < 4.78 is 38.0. The average molecular weight is 321 g/mol. The number of nitrogens with zero attached hydrogens (tertiary/aromatic N) is 2. The van der Waals surface area contributed by atoms with Crippen molar-refractivity contribution in [3.63, 3.8) is 0 Å². The highest BCUT2D eigenvalue weighted by atomic mass is 32.1. The summed E-state index contributed by atoms with van der Waals surface area (Å²) in [6, 6.07) is 10.5. The molecule has 0 atom stereocenters. The summed E-state index contributed by atoms with van der Waals surface area (Å²) in [5.41, 5.74) is 1.05. The number of thiazole rings is 1. The maximum Gasteiger partial charge on any atom is 0.416 e. The lowest BCUT2D eigenvalue weighted by Gasteiger charge is -2.08. The number of pyridine rings is 1. The Morgan fingerprint density at radius 3 is 2.59 bits per heavy atom. The molecule has 0 unspecified atom stereocenters. The molecule has 22 heavy (non-hydrogen) atoms. The standard InChI is InChI=1S/C15H10F3N3S/c16-15(17,18)10-4-3-5-11(8-10)20-14-21-13(9-22-14)12-6-1-2-7-19-12/h1-9H,(H,20,21). The maximum atomic E-state index is 12.7. The van der Waals surface area contributed by atoms with Crippen LogP contribution in [0.4, 0.5) is 24.0 Å².